The zero-order chi connectivity index (χ0) is 21.5. The van der Waals surface area contributed by atoms with Crippen molar-refractivity contribution in [3.8, 4) is 16.9 Å². The van der Waals surface area contributed by atoms with E-state index >= 15 is 0 Å². The minimum atomic E-state index is -0.145. The largest absolute Gasteiger partial charge is 0.368 e. The Morgan fingerprint density at radius 2 is 1.41 bits per heavy atom. The van der Waals surface area contributed by atoms with Gasteiger partial charge < -0.3 is 14.8 Å². The predicted molar refractivity (Wildman–Crippen MR) is 127 cm³/mol. The molecular weight excluding hydrogens is 400 g/mol. The van der Waals surface area contributed by atoms with Gasteiger partial charge in [-0.05, 0) is 36.4 Å². The van der Waals surface area contributed by atoms with Crippen LogP contribution < -0.4 is 15.4 Å². The molecule has 1 fully saturated rings. The van der Waals surface area contributed by atoms with E-state index in [0.717, 1.165) is 48.7 Å². The normalized spacial score (nSPS) is 14.4. The molecular formula is C25H22N6O. The van der Waals surface area contributed by atoms with Crippen molar-refractivity contribution in [3.63, 3.8) is 0 Å². The van der Waals surface area contributed by atoms with Crippen LogP contribution >= 0.6 is 0 Å². The van der Waals surface area contributed by atoms with Crippen LogP contribution in [0.15, 0.2) is 83.8 Å². The number of pyridine rings is 2. The lowest BCUT2D eigenvalue weighted by Crippen LogP contribution is -2.46. The third kappa shape index (κ3) is 3.10. The Bertz CT molecular complexity index is 1400. The van der Waals surface area contributed by atoms with Gasteiger partial charge in [0.25, 0.3) is 5.56 Å². The Labute approximate surface area is 184 Å². The highest BCUT2D eigenvalue weighted by Gasteiger charge is 2.22. The summed E-state index contributed by atoms with van der Waals surface area (Å²) in [6.07, 6.45) is 1.73. The molecule has 7 nitrogen and oxygen atoms in total. The third-order valence-electron chi connectivity index (χ3n) is 6.08. The number of aromatic nitrogens is 4. The molecule has 3 aromatic rings. The fourth-order valence-electron chi connectivity index (χ4n) is 4.37. The number of para-hydroxylation sites is 2. The Kier molecular flexibility index (Phi) is 4.38. The van der Waals surface area contributed by atoms with E-state index in [1.54, 1.807) is 6.20 Å². The first kappa shape index (κ1) is 18.6. The Hall–Kier alpha value is -4.13. The molecule has 1 N–H and O–H groups in total. The van der Waals surface area contributed by atoms with Crippen LogP contribution in [0, 0.1) is 0 Å². The Morgan fingerprint density at radius 1 is 0.750 bits per heavy atom. The molecule has 7 heteroatoms. The molecule has 0 saturated carbocycles. The highest BCUT2D eigenvalue weighted by atomic mass is 16.1. The highest BCUT2D eigenvalue weighted by molar-refractivity contribution is 5.91. The van der Waals surface area contributed by atoms with Crippen LogP contribution in [0.25, 0.3) is 28.0 Å². The quantitative estimate of drug-likeness (QED) is 0.482. The number of nitrogens with zero attached hydrogens (tertiary/aromatic N) is 5. The fraction of sp³-hybridized carbons (Fsp3) is 0.160. The summed E-state index contributed by atoms with van der Waals surface area (Å²) < 4.78 is 1.45. The summed E-state index contributed by atoms with van der Waals surface area (Å²) in [7, 11) is 0. The van der Waals surface area contributed by atoms with E-state index in [9.17, 15) is 4.79 Å². The minimum Gasteiger partial charge on any atom is -0.368 e. The molecule has 3 aliphatic rings. The van der Waals surface area contributed by atoms with Gasteiger partial charge in [0, 0.05) is 38.1 Å². The molecule has 32 heavy (non-hydrogen) atoms. The summed E-state index contributed by atoms with van der Waals surface area (Å²) in [6, 6.07) is 24.0. The molecule has 2 aromatic carbocycles. The SMILES string of the molecule is O=c1c2c[nH]c3ccc(N4CCN(c5ccccc5)CC4)nc3c-2nn1-c1ccccc1. The number of anilines is 2. The van der Waals surface area contributed by atoms with Gasteiger partial charge in [0.1, 0.15) is 17.0 Å². The standard InChI is InChI=1S/C25H22N6O/c32-25-20-17-26-21-11-12-22(30-15-13-29(14-16-30)18-7-3-1-4-8-18)27-24(21)23(20)28-31(25)19-9-5-2-6-10-19/h1-12,17,26H,13-16H2. The van der Waals surface area contributed by atoms with E-state index in [-0.39, 0.29) is 5.56 Å². The first-order valence-electron chi connectivity index (χ1n) is 10.8. The summed E-state index contributed by atoms with van der Waals surface area (Å²) in [5.41, 5.74) is 4.60. The summed E-state index contributed by atoms with van der Waals surface area (Å²) in [5.74, 6) is 0.910. The zero-order valence-corrected chi connectivity index (χ0v) is 17.5. The van der Waals surface area contributed by atoms with Crippen LogP contribution in [-0.2, 0) is 0 Å². The van der Waals surface area contributed by atoms with Gasteiger partial charge in [-0.15, -0.1) is 0 Å². The van der Waals surface area contributed by atoms with Gasteiger partial charge in [0.05, 0.1) is 16.8 Å². The highest BCUT2D eigenvalue weighted by Crippen LogP contribution is 2.27. The van der Waals surface area contributed by atoms with Crippen LogP contribution in [0.2, 0.25) is 0 Å². The maximum Gasteiger partial charge on any atom is 0.282 e. The lowest BCUT2D eigenvalue weighted by Gasteiger charge is -2.36. The maximum absolute atomic E-state index is 13.0. The average Bonchev–Trinajstić information content (AvgIpc) is 3.22. The molecule has 1 aromatic heterocycles. The van der Waals surface area contributed by atoms with Crippen LogP contribution in [0.3, 0.4) is 0 Å². The second-order valence-electron chi connectivity index (χ2n) is 7.98. The summed E-state index contributed by atoms with van der Waals surface area (Å²) in [4.78, 5) is 25.8. The zero-order valence-electron chi connectivity index (χ0n) is 17.5. The molecule has 0 amide bonds. The maximum atomic E-state index is 13.0. The Morgan fingerprint density at radius 3 is 2.12 bits per heavy atom. The molecule has 0 aliphatic carbocycles. The number of fused-ring (bicyclic) bond motifs is 3. The van der Waals surface area contributed by atoms with Crippen LogP contribution in [0.4, 0.5) is 11.5 Å². The average molecular weight is 422 g/mol. The number of nitrogens with one attached hydrogen (secondary N) is 1. The number of rotatable bonds is 3. The van der Waals surface area contributed by atoms with Gasteiger partial charge in [0.2, 0.25) is 0 Å². The number of benzene rings is 2. The lowest BCUT2D eigenvalue weighted by atomic mass is 10.1. The number of aromatic amines is 1. The molecule has 158 valence electrons. The third-order valence-corrected chi connectivity index (χ3v) is 6.08. The van der Waals surface area contributed by atoms with E-state index in [2.05, 4.69) is 44.1 Å². The molecule has 0 unspecified atom stereocenters. The van der Waals surface area contributed by atoms with Crippen molar-refractivity contribution >= 4 is 22.5 Å². The molecule has 0 bridgehead atoms. The van der Waals surface area contributed by atoms with Crippen molar-refractivity contribution in [1.82, 2.24) is 19.7 Å². The van der Waals surface area contributed by atoms with Crippen molar-refractivity contribution in [2.75, 3.05) is 36.0 Å². The predicted octanol–water partition coefficient (Wildman–Crippen LogP) is 3.54. The summed E-state index contributed by atoms with van der Waals surface area (Å²) >= 11 is 0. The fourth-order valence-corrected chi connectivity index (χ4v) is 4.37. The van der Waals surface area contributed by atoms with Gasteiger partial charge in [-0.25, -0.2) is 4.98 Å². The van der Waals surface area contributed by atoms with Crippen molar-refractivity contribution in [2.45, 2.75) is 0 Å². The lowest BCUT2D eigenvalue weighted by molar-refractivity contribution is 0.648. The van der Waals surface area contributed by atoms with E-state index in [1.165, 1.54) is 10.4 Å². The van der Waals surface area contributed by atoms with Crippen molar-refractivity contribution < 1.29 is 0 Å². The van der Waals surface area contributed by atoms with Crippen LogP contribution in [0.1, 0.15) is 0 Å². The second-order valence-corrected chi connectivity index (χ2v) is 7.98. The van der Waals surface area contributed by atoms with Crippen molar-refractivity contribution in [3.05, 3.63) is 89.3 Å². The molecule has 4 heterocycles. The van der Waals surface area contributed by atoms with E-state index in [4.69, 9.17) is 4.98 Å². The summed E-state index contributed by atoms with van der Waals surface area (Å²) in [6.45, 7) is 3.65. The van der Waals surface area contributed by atoms with Crippen LogP contribution in [0.5, 0.6) is 0 Å². The summed E-state index contributed by atoms with van der Waals surface area (Å²) in [5, 5.41) is 4.64. The van der Waals surface area contributed by atoms with Crippen molar-refractivity contribution in [2.24, 2.45) is 0 Å². The number of H-pyrrole nitrogens is 1. The number of piperazine rings is 1. The van der Waals surface area contributed by atoms with Crippen molar-refractivity contribution in [1.29, 1.82) is 0 Å². The number of hydrogen-bond acceptors (Lipinski definition) is 5. The molecule has 6 rings (SSSR count). The topological polar surface area (TPSA) is 70.1 Å². The number of hydrogen-bond donors (Lipinski definition) is 1. The Balaban J connectivity index is 1.35. The smallest absolute Gasteiger partial charge is 0.282 e. The first-order chi connectivity index (χ1) is 15.8. The first-order valence-corrected chi connectivity index (χ1v) is 10.8. The van der Waals surface area contributed by atoms with E-state index < -0.39 is 0 Å². The minimum absolute atomic E-state index is 0.145. The van der Waals surface area contributed by atoms with Gasteiger partial charge >= 0.3 is 0 Å². The molecule has 0 spiro atoms. The van der Waals surface area contributed by atoms with E-state index in [1.807, 2.05) is 48.5 Å². The second kappa shape index (κ2) is 7.53. The molecule has 0 radical (unpaired) electrons. The monoisotopic (exact) mass is 422 g/mol. The van der Waals surface area contributed by atoms with Gasteiger partial charge in [-0.3, -0.25) is 4.79 Å². The van der Waals surface area contributed by atoms with Gasteiger partial charge in [0.15, 0.2) is 0 Å². The molecule has 0 atom stereocenters. The molecule has 1 saturated heterocycles. The van der Waals surface area contributed by atoms with E-state index in [0.29, 0.717) is 11.3 Å². The van der Waals surface area contributed by atoms with Gasteiger partial charge in [-0.2, -0.15) is 9.78 Å². The molecule has 3 aliphatic heterocycles. The van der Waals surface area contributed by atoms with Crippen LogP contribution in [-0.4, -0.2) is 45.9 Å². The van der Waals surface area contributed by atoms with Gasteiger partial charge in [-0.1, -0.05) is 36.4 Å².